The lowest BCUT2D eigenvalue weighted by molar-refractivity contribution is -0.128. The molecule has 0 radical (unpaired) electrons. The quantitative estimate of drug-likeness (QED) is 0.784. The molecule has 8 heteroatoms. The second kappa shape index (κ2) is 8.34. The van der Waals surface area contributed by atoms with E-state index in [1.165, 1.54) is 20.2 Å². The van der Waals surface area contributed by atoms with Gasteiger partial charge in [0, 0.05) is 39.3 Å². The van der Waals surface area contributed by atoms with E-state index in [0.29, 0.717) is 24.3 Å². The zero-order valence-corrected chi connectivity index (χ0v) is 17.6. The lowest BCUT2D eigenvalue weighted by atomic mass is 10.1. The maximum absolute atomic E-state index is 12.7. The number of nitrogens with one attached hydrogen (secondary N) is 1. The molecule has 154 valence electrons. The van der Waals surface area contributed by atoms with Crippen LogP contribution in [0.1, 0.15) is 17.5 Å². The summed E-state index contributed by atoms with van der Waals surface area (Å²) in [5, 5.41) is 2.77. The van der Waals surface area contributed by atoms with Gasteiger partial charge in [-0.2, -0.15) is 0 Å². The minimum absolute atomic E-state index is 0.0613. The highest BCUT2D eigenvalue weighted by Gasteiger charge is 2.34. The smallest absolute Gasteiger partial charge is 0.242 e. The summed E-state index contributed by atoms with van der Waals surface area (Å²) in [6, 6.07) is 14.4. The van der Waals surface area contributed by atoms with Gasteiger partial charge in [0.15, 0.2) is 0 Å². The Hall–Kier alpha value is -2.71. The van der Waals surface area contributed by atoms with Crippen LogP contribution in [0.2, 0.25) is 0 Å². The van der Waals surface area contributed by atoms with Crippen LogP contribution in [0, 0.1) is 12.8 Å². The van der Waals surface area contributed by atoms with Crippen molar-refractivity contribution in [3.8, 4) is 0 Å². The van der Waals surface area contributed by atoms with Gasteiger partial charge in [0.05, 0.1) is 10.8 Å². The zero-order chi connectivity index (χ0) is 21.2. The van der Waals surface area contributed by atoms with Crippen molar-refractivity contribution in [2.75, 3.05) is 26.0 Å². The molecule has 1 atom stereocenters. The number of nitrogens with zero attached hydrogens (tertiary/aromatic N) is 2. The van der Waals surface area contributed by atoms with E-state index in [0.717, 1.165) is 9.87 Å². The third kappa shape index (κ3) is 4.65. The molecule has 1 unspecified atom stereocenters. The Kier molecular flexibility index (Phi) is 6.04. The van der Waals surface area contributed by atoms with E-state index in [1.807, 2.05) is 30.3 Å². The molecular formula is C21H25N3O4S. The summed E-state index contributed by atoms with van der Waals surface area (Å²) < 4.78 is 26.1. The van der Waals surface area contributed by atoms with E-state index in [2.05, 4.69) is 5.32 Å². The minimum atomic E-state index is -3.62. The number of hydrogen-bond acceptors (Lipinski definition) is 4. The van der Waals surface area contributed by atoms with Crippen LogP contribution >= 0.6 is 0 Å². The van der Waals surface area contributed by atoms with E-state index < -0.39 is 15.9 Å². The fourth-order valence-corrected chi connectivity index (χ4v) is 4.45. The van der Waals surface area contributed by atoms with Crippen molar-refractivity contribution in [3.05, 3.63) is 59.7 Å². The SMILES string of the molecule is Cc1ccc(NC(=O)C2CC(=O)N(Cc3ccccc3)C2)cc1S(=O)(=O)N(C)C. The van der Waals surface area contributed by atoms with Crippen LogP contribution in [-0.4, -0.2) is 50.1 Å². The molecule has 0 aromatic heterocycles. The molecule has 2 amide bonds. The van der Waals surface area contributed by atoms with Crippen LogP contribution in [0.3, 0.4) is 0 Å². The van der Waals surface area contributed by atoms with E-state index >= 15 is 0 Å². The number of hydrogen-bond donors (Lipinski definition) is 1. The van der Waals surface area contributed by atoms with Gasteiger partial charge in [0.1, 0.15) is 0 Å². The summed E-state index contributed by atoms with van der Waals surface area (Å²) in [6.07, 6.45) is 0.146. The maximum Gasteiger partial charge on any atom is 0.242 e. The van der Waals surface area contributed by atoms with Crippen LogP contribution in [0.15, 0.2) is 53.4 Å². The number of rotatable bonds is 6. The van der Waals surface area contributed by atoms with Gasteiger partial charge in [-0.1, -0.05) is 36.4 Å². The van der Waals surface area contributed by atoms with Crippen molar-refractivity contribution in [1.29, 1.82) is 0 Å². The molecule has 1 saturated heterocycles. The molecule has 0 aliphatic carbocycles. The largest absolute Gasteiger partial charge is 0.338 e. The molecule has 1 fully saturated rings. The number of aryl methyl sites for hydroxylation is 1. The Bertz CT molecular complexity index is 1020. The van der Waals surface area contributed by atoms with Crippen LogP contribution in [0.4, 0.5) is 5.69 Å². The van der Waals surface area contributed by atoms with Gasteiger partial charge in [-0.3, -0.25) is 9.59 Å². The highest BCUT2D eigenvalue weighted by atomic mass is 32.2. The molecule has 1 aliphatic rings. The highest BCUT2D eigenvalue weighted by molar-refractivity contribution is 7.89. The Morgan fingerprint density at radius 3 is 2.52 bits per heavy atom. The van der Waals surface area contributed by atoms with Gasteiger partial charge in [-0.05, 0) is 30.2 Å². The molecular weight excluding hydrogens is 390 g/mol. The molecule has 0 spiro atoms. The zero-order valence-electron chi connectivity index (χ0n) is 16.8. The Morgan fingerprint density at radius 2 is 1.86 bits per heavy atom. The summed E-state index contributed by atoms with van der Waals surface area (Å²) in [5.74, 6) is -0.818. The fraction of sp³-hybridized carbons (Fsp3) is 0.333. The predicted molar refractivity (Wildman–Crippen MR) is 111 cm³/mol. The van der Waals surface area contributed by atoms with Gasteiger partial charge >= 0.3 is 0 Å². The van der Waals surface area contributed by atoms with Crippen LogP contribution in [0.25, 0.3) is 0 Å². The number of amides is 2. The first-order valence-corrected chi connectivity index (χ1v) is 10.8. The van der Waals surface area contributed by atoms with Gasteiger partial charge in [-0.25, -0.2) is 12.7 Å². The summed E-state index contributed by atoms with van der Waals surface area (Å²) in [7, 11) is -0.690. The van der Waals surface area contributed by atoms with E-state index in [1.54, 1.807) is 24.0 Å². The monoisotopic (exact) mass is 415 g/mol. The third-order valence-electron chi connectivity index (χ3n) is 5.02. The first-order chi connectivity index (χ1) is 13.7. The predicted octanol–water partition coefficient (Wildman–Crippen LogP) is 2.23. The van der Waals surface area contributed by atoms with Gasteiger partial charge in [-0.15, -0.1) is 0 Å². The number of benzene rings is 2. The lowest BCUT2D eigenvalue weighted by Crippen LogP contribution is -2.28. The highest BCUT2D eigenvalue weighted by Crippen LogP contribution is 2.25. The van der Waals surface area contributed by atoms with Crippen molar-refractivity contribution >= 4 is 27.5 Å². The average Bonchev–Trinajstić information content (AvgIpc) is 3.04. The van der Waals surface area contributed by atoms with Crippen LogP contribution < -0.4 is 5.32 Å². The Morgan fingerprint density at radius 1 is 1.17 bits per heavy atom. The molecule has 0 bridgehead atoms. The molecule has 3 rings (SSSR count). The average molecular weight is 416 g/mol. The first kappa shape index (κ1) is 21.0. The minimum Gasteiger partial charge on any atom is -0.338 e. The summed E-state index contributed by atoms with van der Waals surface area (Å²) in [6.45, 7) is 2.52. The third-order valence-corrected chi connectivity index (χ3v) is 6.97. The molecule has 0 saturated carbocycles. The number of carbonyl (C=O) groups is 2. The molecule has 1 heterocycles. The van der Waals surface area contributed by atoms with Crippen molar-refractivity contribution in [1.82, 2.24) is 9.21 Å². The fourth-order valence-electron chi connectivity index (χ4n) is 3.30. The lowest BCUT2D eigenvalue weighted by Gasteiger charge is -2.17. The molecule has 1 aliphatic heterocycles. The number of anilines is 1. The maximum atomic E-state index is 12.7. The van der Waals surface area contributed by atoms with Gasteiger partial charge in [0.25, 0.3) is 0 Å². The first-order valence-electron chi connectivity index (χ1n) is 9.34. The Labute approximate surface area is 171 Å². The molecule has 1 N–H and O–H groups in total. The molecule has 7 nitrogen and oxygen atoms in total. The second-order valence-electron chi connectivity index (χ2n) is 7.42. The van der Waals surface area contributed by atoms with E-state index in [4.69, 9.17) is 0 Å². The second-order valence-corrected chi connectivity index (χ2v) is 9.54. The van der Waals surface area contributed by atoms with Crippen molar-refractivity contribution < 1.29 is 18.0 Å². The summed E-state index contributed by atoms with van der Waals surface area (Å²) in [5.41, 5.74) is 2.01. The van der Waals surface area contributed by atoms with Crippen molar-refractivity contribution in [2.24, 2.45) is 5.92 Å². The molecule has 2 aromatic carbocycles. The number of likely N-dealkylation sites (tertiary alicyclic amines) is 1. The normalized spacial score (nSPS) is 17.0. The number of sulfonamides is 1. The van der Waals surface area contributed by atoms with Crippen molar-refractivity contribution in [3.63, 3.8) is 0 Å². The Balaban J connectivity index is 1.70. The summed E-state index contributed by atoms with van der Waals surface area (Å²) in [4.78, 5) is 26.8. The molecule has 2 aromatic rings. The standard InChI is InChI=1S/C21H25N3O4S/c1-15-9-10-18(12-19(15)29(27,28)23(2)3)22-21(26)17-11-20(25)24(14-17)13-16-7-5-4-6-8-16/h4-10,12,17H,11,13-14H2,1-3H3,(H,22,26). The topological polar surface area (TPSA) is 86.8 Å². The van der Waals surface area contributed by atoms with Gasteiger partial charge < -0.3 is 10.2 Å². The molecule has 29 heavy (non-hydrogen) atoms. The van der Waals surface area contributed by atoms with Crippen molar-refractivity contribution in [2.45, 2.75) is 24.8 Å². The van der Waals surface area contributed by atoms with Crippen LogP contribution in [-0.2, 0) is 26.2 Å². The number of carbonyl (C=O) groups excluding carboxylic acids is 2. The van der Waals surface area contributed by atoms with Gasteiger partial charge in [0.2, 0.25) is 21.8 Å². The van der Waals surface area contributed by atoms with E-state index in [9.17, 15) is 18.0 Å². The van der Waals surface area contributed by atoms with E-state index in [-0.39, 0.29) is 23.1 Å². The van der Waals surface area contributed by atoms with Crippen LogP contribution in [0.5, 0.6) is 0 Å². The summed E-state index contributed by atoms with van der Waals surface area (Å²) >= 11 is 0.